The zero-order valence-electron chi connectivity index (χ0n) is 16.3. The zero-order chi connectivity index (χ0) is 22.8. The van der Waals surface area contributed by atoms with Crippen molar-refractivity contribution >= 4 is 29.6 Å². The van der Waals surface area contributed by atoms with Crippen LogP contribution in [0.25, 0.3) is 0 Å². The lowest BCUT2D eigenvalue weighted by Crippen LogP contribution is -2.53. The third-order valence-corrected chi connectivity index (χ3v) is 3.94. The predicted octanol–water partition coefficient (Wildman–Crippen LogP) is -2.67. The molecule has 9 N–H and O–H groups in total. The molecule has 1 rings (SSSR count). The lowest BCUT2D eigenvalue weighted by Gasteiger charge is -2.18. The third kappa shape index (κ3) is 8.56. The van der Waals surface area contributed by atoms with Crippen molar-refractivity contribution < 1.29 is 34.2 Å². The number of hydrogen-bond acceptors (Lipinski definition) is 7. The van der Waals surface area contributed by atoms with Gasteiger partial charge >= 0.3 is 5.97 Å². The van der Waals surface area contributed by atoms with E-state index in [2.05, 4.69) is 16.0 Å². The largest absolute Gasteiger partial charge is 0.508 e. The smallest absolute Gasteiger partial charge is 0.326 e. The van der Waals surface area contributed by atoms with Gasteiger partial charge in [0, 0.05) is 0 Å². The van der Waals surface area contributed by atoms with E-state index >= 15 is 0 Å². The second-order valence-corrected chi connectivity index (χ2v) is 6.55. The molecule has 0 heterocycles. The van der Waals surface area contributed by atoms with E-state index < -0.39 is 60.7 Å². The number of hydrogen-bond donors (Lipinski definition) is 7. The van der Waals surface area contributed by atoms with Crippen LogP contribution < -0.4 is 27.4 Å². The Morgan fingerprint density at radius 3 is 2.17 bits per heavy atom. The summed E-state index contributed by atoms with van der Waals surface area (Å²) >= 11 is 0. The number of carbonyl (C=O) groups is 5. The standard InChI is InChI=1S/C18H25N5O7/c1-9(22-17(28)12(19)6-10-2-4-11(24)5-3-10)16(27)21-8-15(26)23-13(18(29)30)7-14(20)25/h2-5,9,12-13,24H,6-8,19H2,1H3,(H2,20,25)(H,21,27)(H,22,28)(H,23,26)(H,29,30). The van der Waals surface area contributed by atoms with Crippen LogP contribution in [0.3, 0.4) is 0 Å². The van der Waals surface area contributed by atoms with E-state index in [1.54, 1.807) is 12.1 Å². The van der Waals surface area contributed by atoms with E-state index in [1.165, 1.54) is 19.1 Å². The van der Waals surface area contributed by atoms with Crippen molar-refractivity contribution in [3.63, 3.8) is 0 Å². The molecule has 0 aliphatic heterocycles. The van der Waals surface area contributed by atoms with E-state index in [-0.39, 0.29) is 12.2 Å². The average molecular weight is 423 g/mol. The molecule has 3 unspecified atom stereocenters. The Bertz CT molecular complexity index is 797. The third-order valence-electron chi connectivity index (χ3n) is 3.94. The van der Waals surface area contributed by atoms with Gasteiger partial charge in [-0.2, -0.15) is 0 Å². The predicted molar refractivity (Wildman–Crippen MR) is 104 cm³/mol. The summed E-state index contributed by atoms with van der Waals surface area (Å²) in [7, 11) is 0. The first-order valence-electron chi connectivity index (χ1n) is 8.91. The molecule has 0 saturated carbocycles. The van der Waals surface area contributed by atoms with Gasteiger partial charge in [-0.25, -0.2) is 4.79 Å². The minimum atomic E-state index is -1.51. The maximum absolute atomic E-state index is 12.1. The molecule has 0 bridgehead atoms. The Balaban J connectivity index is 2.46. The molecule has 30 heavy (non-hydrogen) atoms. The monoisotopic (exact) mass is 423 g/mol. The number of nitrogens with one attached hydrogen (secondary N) is 3. The summed E-state index contributed by atoms with van der Waals surface area (Å²) in [6.45, 7) is 0.812. The zero-order valence-corrected chi connectivity index (χ0v) is 16.3. The summed E-state index contributed by atoms with van der Waals surface area (Å²) in [5, 5.41) is 24.9. The number of aromatic hydroxyl groups is 1. The van der Waals surface area contributed by atoms with Gasteiger partial charge in [0.15, 0.2) is 0 Å². The molecule has 3 atom stereocenters. The van der Waals surface area contributed by atoms with E-state index in [0.29, 0.717) is 5.56 Å². The topological polar surface area (TPSA) is 214 Å². The molecule has 0 aromatic heterocycles. The first-order valence-corrected chi connectivity index (χ1v) is 8.91. The van der Waals surface area contributed by atoms with Crippen molar-refractivity contribution in [1.82, 2.24) is 16.0 Å². The molecule has 4 amide bonds. The molecule has 0 saturated heterocycles. The van der Waals surface area contributed by atoms with Gasteiger partial charge in [0.05, 0.1) is 19.0 Å². The Morgan fingerprint density at radius 1 is 1.03 bits per heavy atom. The normalized spacial score (nSPS) is 13.4. The van der Waals surface area contributed by atoms with Crippen LogP contribution >= 0.6 is 0 Å². The second-order valence-electron chi connectivity index (χ2n) is 6.55. The molecule has 1 aromatic carbocycles. The summed E-state index contributed by atoms with van der Waals surface area (Å²) < 4.78 is 0. The number of nitrogens with two attached hydrogens (primary N) is 2. The number of phenols is 1. The number of benzene rings is 1. The molecule has 0 fully saturated rings. The molecule has 0 spiro atoms. The van der Waals surface area contributed by atoms with Crippen LogP contribution in [0, 0.1) is 0 Å². The molecule has 0 radical (unpaired) electrons. The van der Waals surface area contributed by atoms with Gasteiger partial charge in [-0.1, -0.05) is 12.1 Å². The highest BCUT2D eigenvalue weighted by molar-refractivity contribution is 5.93. The maximum atomic E-state index is 12.1. The molecule has 1 aromatic rings. The second kappa shape index (κ2) is 11.4. The van der Waals surface area contributed by atoms with Crippen LogP contribution in [-0.2, 0) is 30.4 Å². The molecule has 164 valence electrons. The van der Waals surface area contributed by atoms with E-state index in [4.69, 9.17) is 16.6 Å². The quantitative estimate of drug-likeness (QED) is 0.199. The van der Waals surface area contributed by atoms with Gasteiger partial charge in [-0.3, -0.25) is 19.2 Å². The molecule has 0 aliphatic rings. The van der Waals surface area contributed by atoms with E-state index in [0.717, 1.165) is 0 Å². The van der Waals surface area contributed by atoms with Crippen molar-refractivity contribution in [2.24, 2.45) is 11.5 Å². The van der Waals surface area contributed by atoms with Crippen molar-refractivity contribution in [3.8, 4) is 5.75 Å². The summed E-state index contributed by atoms with van der Waals surface area (Å²) in [6, 6.07) is 2.66. The van der Waals surface area contributed by atoms with Gasteiger partial charge in [-0.15, -0.1) is 0 Å². The van der Waals surface area contributed by atoms with Crippen molar-refractivity contribution in [3.05, 3.63) is 29.8 Å². The van der Waals surface area contributed by atoms with E-state index in [1.807, 2.05) is 0 Å². The van der Waals surface area contributed by atoms with Gasteiger partial charge in [0.2, 0.25) is 23.6 Å². The first-order chi connectivity index (χ1) is 14.0. The van der Waals surface area contributed by atoms with Crippen molar-refractivity contribution in [1.29, 1.82) is 0 Å². The number of primary amides is 1. The SMILES string of the molecule is CC(NC(=O)C(N)Cc1ccc(O)cc1)C(=O)NCC(=O)NC(CC(N)=O)C(=O)O. The van der Waals surface area contributed by atoms with Crippen LogP contribution in [0.5, 0.6) is 5.75 Å². The Labute approximate surface area is 172 Å². The van der Waals surface area contributed by atoms with Crippen LogP contribution in [0.1, 0.15) is 18.9 Å². The highest BCUT2D eigenvalue weighted by Gasteiger charge is 2.24. The summed E-state index contributed by atoms with van der Waals surface area (Å²) in [5.41, 5.74) is 11.4. The van der Waals surface area contributed by atoms with Crippen molar-refractivity contribution in [2.75, 3.05) is 6.54 Å². The lowest BCUT2D eigenvalue weighted by molar-refractivity contribution is -0.143. The molecule has 12 nitrogen and oxygen atoms in total. The Morgan fingerprint density at radius 2 is 1.63 bits per heavy atom. The number of carboxylic acids is 1. The van der Waals surface area contributed by atoms with Gasteiger partial charge < -0.3 is 37.6 Å². The molecular weight excluding hydrogens is 398 g/mol. The first kappa shape index (κ1) is 24.4. The highest BCUT2D eigenvalue weighted by atomic mass is 16.4. The Hall–Kier alpha value is -3.67. The number of amides is 4. The Kier molecular flexibility index (Phi) is 9.23. The minimum Gasteiger partial charge on any atom is -0.508 e. The average Bonchev–Trinajstić information content (AvgIpc) is 2.66. The lowest BCUT2D eigenvalue weighted by atomic mass is 10.1. The van der Waals surface area contributed by atoms with Crippen LogP contribution in [0.2, 0.25) is 0 Å². The summed E-state index contributed by atoms with van der Waals surface area (Å²) in [5.74, 6) is -4.42. The highest BCUT2D eigenvalue weighted by Crippen LogP contribution is 2.10. The molecule has 12 heteroatoms. The number of phenolic OH excluding ortho intramolecular Hbond substituents is 1. The van der Waals surface area contributed by atoms with Gasteiger partial charge in [0.1, 0.15) is 17.8 Å². The number of aliphatic carboxylic acids is 1. The van der Waals surface area contributed by atoms with Crippen LogP contribution in [0.15, 0.2) is 24.3 Å². The fourth-order valence-electron chi connectivity index (χ4n) is 2.33. The number of rotatable bonds is 11. The van der Waals surface area contributed by atoms with E-state index in [9.17, 15) is 29.1 Å². The fourth-order valence-corrected chi connectivity index (χ4v) is 2.33. The maximum Gasteiger partial charge on any atom is 0.326 e. The number of carboxylic acid groups (broad SMARTS) is 1. The van der Waals surface area contributed by atoms with Crippen LogP contribution in [-0.4, -0.2) is 64.5 Å². The van der Waals surface area contributed by atoms with Crippen molar-refractivity contribution in [2.45, 2.75) is 37.9 Å². The fraction of sp³-hybridized carbons (Fsp3) is 0.389. The van der Waals surface area contributed by atoms with Gasteiger partial charge in [0.25, 0.3) is 0 Å². The summed E-state index contributed by atoms with van der Waals surface area (Å²) in [4.78, 5) is 57.7. The summed E-state index contributed by atoms with van der Waals surface area (Å²) in [6.07, 6.45) is -0.417. The van der Waals surface area contributed by atoms with Crippen LogP contribution in [0.4, 0.5) is 0 Å². The van der Waals surface area contributed by atoms with Gasteiger partial charge in [-0.05, 0) is 31.0 Å². The number of carbonyl (C=O) groups excluding carboxylic acids is 4. The molecule has 0 aliphatic carbocycles. The minimum absolute atomic E-state index is 0.0791. The molecular formula is C18H25N5O7.